The molecule has 0 atom stereocenters. The maximum Gasteiger partial charge on any atom is 0.156 e. The van der Waals surface area contributed by atoms with Gasteiger partial charge in [0, 0.05) is 11.6 Å². The molecule has 3 nitrogen and oxygen atoms in total. The van der Waals surface area contributed by atoms with Crippen LogP contribution < -0.4 is 0 Å². The number of halogens is 1. The van der Waals surface area contributed by atoms with Gasteiger partial charge in [0.2, 0.25) is 0 Å². The Balaban J connectivity index is 2.03. The summed E-state index contributed by atoms with van der Waals surface area (Å²) < 4.78 is 0. The number of nitrogens with zero attached hydrogens (tertiary/aromatic N) is 2. The normalized spacial score (nSPS) is 15.4. The molecule has 0 aliphatic heterocycles. The van der Waals surface area contributed by atoms with Crippen molar-refractivity contribution in [3.8, 4) is 11.5 Å². The van der Waals surface area contributed by atoms with Gasteiger partial charge in [-0.3, -0.25) is 0 Å². The number of aryl methyl sites for hydroxylation is 1. The average molecular weight is 234 g/mol. The van der Waals surface area contributed by atoms with Gasteiger partial charge in [-0.1, -0.05) is 17.7 Å². The fourth-order valence-corrected chi connectivity index (χ4v) is 2.05. The van der Waals surface area contributed by atoms with Crippen molar-refractivity contribution >= 4 is 11.6 Å². The minimum atomic E-state index is 0.500. The van der Waals surface area contributed by atoms with Crippen molar-refractivity contribution in [3.05, 3.63) is 34.7 Å². The van der Waals surface area contributed by atoms with E-state index < -0.39 is 0 Å². The van der Waals surface area contributed by atoms with Gasteiger partial charge in [0.15, 0.2) is 5.82 Å². The van der Waals surface area contributed by atoms with Crippen molar-refractivity contribution in [1.82, 2.24) is 15.0 Å². The first-order chi connectivity index (χ1) is 7.74. The molecule has 1 aliphatic carbocycles. The van der Waals surface area contributed by atoms with Crippen molar-refractivity contribution in [2.75, 3.05) is 0 Å². The standard InChI is InChI=1S/C12H12ClN3/c1-7-11(8-5-6-8)16-12(14-7)9-3-2-4-10(13)15-9/h2-4,8H,5-6H2,1H3,(H,14,16). The van der Waals surface area contributed by atoms with Gasteiger partial charge >= 0.3 is 0 Å². The molecule has 0 saturated heterocycles. The van der Waals surface area contributed by atoms with Crippen molar-refractivity contribution in [3.63, 3.8) is 0 Å². The first-order valence-electron chi connectivity index (χ1n) is 5.43. The summed E-state index contributed by atoms with van der Waals surface area (Å²) in [5.74, 6) is 1.48. The van der Waals surface area contributed by atoms with Crippen molar-refractivity contribution < 1.29 is 0 Å². The van der Waals surface area contributed by atoms with E-state index in [4.69, 9.17) is 11.6 Å². The van der Waals surface area contributed by atoms with E-state index in [-0.39, 0.29) is 0 Å². The van der Waals surface area contributed by atoms with E-state index in [1.165, 1.54) is 18.5 Å². The number of pyridine rings is 1. The summed E-state index contributed by atoms with van der Waals surface area (Å²) >= 11 is 5.86. The van der Waals surface area contributed by atoms with Gasteiger partial charge in [0.1, 0.15) is 10.8 Å². The van der Waals surface area contributed by atoms with Crippen LogP contribution in [0.5, 0.6) is 0 Å². The smallest absolute Gasteiger partial charge is 0.156 e. The molecule has 2 aromatic rings. The molecule has 0 unspecified atom stereocenters. The lowest BCUT2D eigenvalue weighted by Gasteiger charge is -1.95. The zero-order valence-electron chi connectivity index (χ0n) is 9.00. The predicted octanol–water partition coefficient (Wildman–Crippen LogP) is 3.31. The molecule has 2 aromatic heterocycles. The second kappa shape index (κ2) is 3.59. The summed E-state index contributed by atoms with van der Waals surface area (Å²) in [4.78, 5) is 12.1. The SMILES string of the molecule is Cc1[nH]c(-c2cccc(Cl)n2)nc1C1CC1. The van der Waals surface area contributed by atoms with E-state index in [1.54, 1.807) is 6.07 Å². The van der Waals surface area contributed by atoms with Gasteiger partial charge in [0.05, 0.1) is 5.69 Å². The van der Waals surface area contributed by atoms with Crippen LogP contribution in [0, 0.1) is 6.92 Å². The Kier molecular flexibility index (Phi) is 2.21. The lowest BCUT2D eigenvalue weighted by atomic mass is 10.2. The average Bonchev–Trinajstić information content (AvgIpc) is 3.02. The highest BCUT2D eigenvalue weighted by Crippen LogP contribution is 2.41. The van der Waals surface area contributed by atoms with Gasteiger partial charge in [0.25, 0.3) is 0 Å². The third-order valence-corrected chi connectivity index (χ3v) is 3.05. The lowest BCUT2D eigenvalue weighted by molar-refractivity contribution is 1.03. The monoisotopic (exact) mass is 233 g/mol. The molecule has 16 heavy (non-hydrogen) atoms. The van der Waals surface area contributed by atoms with E-state index in [0.717, 1.165) is 17.2 Å². The van der Waals surface area contributed by atoms with E-state index in [0.29, 0.717) is 11.1 Å². The van der Waals surface area contributed by atoms with Crippen LogP contribution in [-0.4, -0.2) is 15.0 Å². The van der Waals surface area contributed by atoms with Gasteiger partial charge in [-0.25, -0.2) is 9.97 Å². The summed E-state index contributed by atoms with van der Waals surface area (Å²) in [7, 11) is 0. The van der Waals surface area contributed by atoms with Crippen LogP contribution in [0.3, 0.4) is 0 Å². The molecule has 0 amide bonds. The van der Waals surface area contributed by atoms with E-state index >= 15 is 0 Å². The summed E-state index contributed by atoms with van der Waals surface area (Å²) in [6.07, 6.45) is 2.52. The van der Waals surface area contributed by atoms with Crippen molar-refractivity contribution in [1.29, 1.82) is 0 Å². The lowest BCUT2D eigenvalue weighted by Crippen LogP contribution is -1.86. The zero-order valence-corrected chi connectivity index (χ0v) is 9.75. The van der Waals surface area contributed by atoms with E-state index in [1.807, 2.05) is 12.1 Å². The van der Waals surface area contributed by atoms with Crippen LogP contribution in [0.4, 0.5) is 0 Å². The van der Waals surface area contributed by atoms with Gasteiger partial charge in [-0.15, -0.1) is 0 Å². The van der Waals surface area contributed by atoms with Gasteiger partial charge in [-0.05, 0) is 31.9 Å². The Morgan fingerprint density at radius 1 is 1.31 bits per heavy atom. The molecule has 82 valence electrons. The second-order valence-electron chi connectivity index (χ2n) is 4.22. The van der Waals surface area contributed by atoms with E-state index in [2.05, 4.69) is 21.9 Å². The highest BCUT2D eigenvalue weighted by molar-refractivity contribution is 6.29. The number of nitrogens with one attached hydrogen (secondary N) is 1. The molecule has 0 bridgehead atoms. The number of rotatable bonds is 2. The quantitative estimate of drug-likeness (QED) is 0.809. The van der Waals surface area contributed by atoms with Crippen LogP contribution in [-0.2, 0) is 0 Å². The molecule has 4 heteroatoms. The van der Waals surface area contributed by atoms with Gasteiger partial charge in [-0.2, -0.15) is 0 Å². The molecule has 1 fully saturated rings. The maximum absolute atomic E-state index is 5.86. The topological polar surface area (TPSA) is 41.6 Å². The zero-order chi connectivity index (χ0) is 11.1. The fourth-order valence-electron chi connectivity index (χ4n) is 1.89. The molecule has 1 saturated carbocycles. The minimum absolute atomic E-state index is 0.500. The highest BCUT2D eigenvalue weighted by Gasteiger charge is 2.28. The number of hydrogen-bond donors (Lipinski definition) is 1. The maximum atomic E-state index is 5.86. The highest BCUT2D eigenvalue weighted by atomic mass is 35.5. The fraction of sp³-hybridized carbons (Fsp3) is 0.333. The Hall–Kier alpha value is -1.35. The number of H-pyrrole nitrogens is 1. The first kappa shape index (κ1) is 9.85. The summed E-state index contributed by atoms with van der Waals surface area (Å²) in [6, 6.07) is 5.57. The molecule has 0 spiro atoms. The van der Waals surface area contributed by atoms with Crippen molar-refractivity contribution in [2.45, 2.75) is 25.7 Å². The van der Waals surface area contributed by atoms with Crippen LogP contribution in [0.1, 0.15) is 30.1 Å². The Morgan fingerprint density at radius 3 is 2.81 bits per heavy atom. The number of imidazole rings is 1. The first-order valence-corrected chi connectivity index (χ1v) is 5.81. The molecule has 2 heterocycles. The summed E-state index contributed by atoms with van der Waals surface area (Å²) in [6.45, 7) is 2.06. The number of hydrogen-bond acceptors (Lipinski definition) is 2. The second-order valence-corrected chi connectivity index (χ2v) is 4.60. The predicted molar refractivity (Wildman–Crippen MR) is 63.5 cm³/mol. The Bertz CT molecular complexity index is 529. The Labute approximate surface area is 98.9 Å². The Morgan fingerprint density at radius 2 is 2.12 bits per heavy atom. The van der Waals surface area contributed by atoms with E-state index in [9.17, 15) is 0 Å². The molecular weight excluding hydrogens is 222 g/mol. The molecule has 1 N–H and O–H groups in total. The van der Waals surface area contributed by atoms with Crippen molar-refractivity contribution in [2.24, 2.45) is 0 Å². The largest absolute Gasteiger partial charge is 0.341 e. The van der Waals surface area contributed by atoms with Gasteiger partial charge < -0.3 is 4.98 Å². The summed E-state index contributed by atoms with van der Waals surface area (Å²) in [5.41, 5.74) is 3.15. The third kappa shape index (κ3) is 1.71. The van der Waals surface area contributed by atoms with Crippen LogP contribution in [0.2, 0.25) is 5.15 Å². The molecular formula is C12H12ClN3. The number of aromatic nitrogens is 3. The van der Waals surface area contributed by atoms with Crippen LogP contribution in [0.15, 0.2) is 18.2 Å². The van der Waals surface area contributed by atoms with Crippen LogP contribution in [0.25, 0.3) is 11.5 Å². The molecule has 3 rings (SSSR count). The summed E-state index contributed by atoms with van der Waals surface area (Å²) in [5, 5.41) is 0.500. The minimum Gasteiger partial charge on any atom is -0.341 e. The third-order valence-electron chi connectivity index (χ3n) is 2.84. The molecule has 0 aromatic carbocycles. The van der Waals surface area contributed by atoms with Crippen LogP contribution >= 0.6 is 11.6 Å². The molecule has 1 aliphatic rings. The molecule has 0 radical (unpaired) electrons. The number of aromatic amines is 1.